The Kier molecular flexibility index (Phi) is 8.27. The summed E-state index contributed by atoms with van der Waals surface area (Å²) in [6.07, 6.45) is 1.88. The Morgan fingerprint density at radius 2 is 1.27 bits per heavy atom. The van der Waals surface area contributed by atoms with Crippen LogP contribution >= 0.6 is 0 Å². The van der Waals surface area contributed by atoms with Gasteiger partial charge in [0.1, 0.15) is 5.78 Å². The monoisotopic (exact) mass is 620 g/mol. The van der Waals surface area contributed by atoms with Crippen molar-refractivity contribution in [3.8, 4) is 11.1 Å². The molecule has 0 amide bonds. The van der Waals surface area contributed by atoms with Crippen molar-refractivity contribution in [2.24, 2.45) is 16.7 Å². The van der Waals surface area contributed by atoms with Crippen LogP contribution < -0.4 is 0 Å². The molecule has 5 aromatic rings. The first kappa shape index (κ1) is 30.3. The normalized spacial score (nSPS) is 20.5. The minimum absolute atomic E-state index is 0.0248. The van der Waals surface area contributed by atoms with Crippen molar-refractivity contribution in [2.45, 2.75) is 47.8 Å². The Labute approximate surface area is 263 Å². The van der Waals surface area contributed by atoms with Gasteiger partial charge in [-0.1, -0.05) is 92.7 Å². The quantitative estimate of drug-likeness (QED) is 0.141. The molecule has 7 rings (SSSR count). The summed E-state index contributed by atoms with van der Waals surface area (Å²) in [5, 5.41) is 2.58. The lowest BCUT2D eigenvalue weighted by Crippen LogP contribution is -2.42. The third kappa shape index (κ3) is 5.74. The van der Waals surface area contributed by atoms with Gasteiger partial charge in [-0.2, -0.15) is 0 Å². The second kappa shape index (κ2) is 12.0. The van der Waals surface area contributed by atoms with E-state index >= 15 is 0 Å². The Morgan fingerprint density at radius 1 is 0.727 bits per heavy atom. The zero-order valence-electron chi connectivity index (χ0n) is 25.0. The first-order valence-corrected chi connectivity index (χ1v) is 17.8. The Morgan fingerprint density at radius 3 is 1.82 bits per heavy atom. The van der Waals surface area contributed by atoms with E-state index in [2.05, 4.69) is 127 Å². The number of rotatable bonds is 6. The highest BCUT2D eigenvalue weighted by atomic mass is 32.2. The Bertz CT molecular complexity index is 1840. The van der Waals surface area contributed by atoms with Crippen LogP contribution in [-0.2, 0) is 25.8 Å². The highest BCUT2D eigenvalue weighted by Gasteiger charge is 2.64. The first-order chi connectivity index (χ1) is 21.1. The van der Waals surface area contributed by atoms with E-state index in [1.165, 1.54) is 36.6 Å². The van der Waals surface area contributed by atoms with Gasteiger partial charge in [0.15, 0.2) is 14.7 Å². The van der Waals surface area contributed by atoms with Crippen LogP contribution in [0.5, 0.6) is 0 Å². The van der Waals surface area contributed by atoms with E-state index in [1.807, 2.05) is 13.8 Å². The van der Waals surface area contributed by atoms with Gasteiger partial charge in [-0.3, -0.25) is 4.79 Å². The largest absolute Gasteiger partial charge is 0.748 e. The molecule has 4 nitrogen and oxygen atoms in total. The summed E-state index contributed by atoms with van der Waals surface area (Å²) in [6, 6.07) is 45.8. The SMILES string of the molecule is CC1(C)C2CCC1(CS(=O)(=O)[O-])C(=O)C2.c1ccc([S+](c2ccccc2)c2ccc(-c3cccc4ccccc34)cc2)cc1. The highest BCUT2D eigenvalue weighted by molar-refractivity contribution is 7.97. The molecule has 2 unspecified atom stereocenters. The summed E-state index contributed by atoms with van der Waals surface area (Å²) < 4.78 is 32.7. The van der Waals surface area contributed by atoms with Gasteiger partial charge in [-0.15, -0.1) is 0 Å². The summed E-state index contributed by atoms with van der Waals surface area (Å²) >= 11 is 0. The molecule has 2 saturated carbocycles. The van der Waals surface area contributed by atoms with E-state index in [0.717, 1.165) is 6.42 Å². The van der Waals surface area contributed by atoms with Gasteiger partial charge in [0.05, 0.1) is 26.8 Å². The number of carbonyl (C=O) groups is 1. The van der Waals surface area contributed by atoms with E-state index in [0.29, 0.717) is 12.8 Å². The second-order valence-electron chi connectivity index (χ2n) is 12.4. The predicted octanol–water partition coefficient (Wildman–Crippen LogP) is 8.53. The average Bonchev–Trinajstić information content (AvgIpc) is 3.36. The second-order valence-corrected chi connectivity index (χ2v) is 15.8. The maximum Gasteiger partial charge on any atom is 0.166 e. The molecule has 2 aliphatic carbocycles. The number of benzene rings is 5. The molecule has 44 heavy (non-hydrogen) atoms. The molecule has 2 bridgehead atoms. The lowest BCUT2D eigenvalue weighted by molar-refractivity contribution is -0.128. The molecule has 2 aliphatic rings. The van der Waals surface area contributed by atoms with Crippen molar-refractivity contribution in [2.75, 3.05) is 5.75 Å². The van der Waals surface area contributed by atoms with Crippen molar-refractivity contribution >= 4 is 37.6 Å². The fourth-order valence-corrected chi connectivity index (χ4v) is 10.5. The van der Waals surface area contributed by atoms with Crippen LogP contribution in [0.1, 0.15) is 33.1 Å². The van der Waals surface area contributed by atoms with Crippen LogP contribution in [0.2, 0.25) is 0 Å². The van der Waals surface area contributed by atoms with Gasteiger partial charge in [-0.25, -0.2) is 8.42 Å². The van der Waals surface area contributed by atoms with Crippen molar-refractivity contribution in [1.82, 2.24) is 0 Å². The molecule has 0 aromatic heterocycles. The lowest BCUT2D eigenvalue weighted by Gasteiger charge is -2.37. The Hall–Kier alpha value is -3.71. The van der Waals surface area contributed by atoms with Gasteiger partial charge in [0.2, 0.25) is 0 Å². The van der Waals surface area contributed by atoms with E-state index in [1.54, 1.807) is 0 Å². The maximum atomic E-state index is 11.8. The third-order valence-electron chi connectivity index (χ3n) is 9.71. The van der Waals surface area contributed by atoms with Crippen LogP contribution in [0, 0.1) is 16.7 Å². The standard InChI is InChI=1S/C28H21S.C10H16O4S/c1-3-12-24(13-4-1)29(25-14-5-2-6-15-25)26-20-18-23(19-21-26)28-17-9-11-22-10-7-8-16-27(22)28;1-9(2)7-3-4-10(9,8(11)5-7)6-15(12,13)14/h1-21H;7H,3-6H2,1-2H3,(H,12,13,14)/q+1;/p-1. The zero-order chi connectivity index (χ0) is 31.0. The first-order valence-electron chi connectivity index (χ1n) is 15.0. The van der Waals surface area contributed by atoms with Gasteiger partial charge < -0.3 is 4.55 Å². The summed E-state index contributed by atoms with van der Waals surface area (Å²) in [5.41, 5.74) is 1.32. The molecule has 6 heteroatoms. The molecular formula is C38H36O4S2. The van der Waals surface area contributed by atoms with E-state index < -0.39 is 21.3 Å². The molecule has 2 atom stereocenters. The number of hydrogen-bond acceptors (Lipinski definition) is 4. The van der Waals surface area contributed by atoms with Crippen LogP contribution in [0.15, 0.2) is 142 Å². The summed E-state index contributed by atoms with van der Waals surface area (Å²) in [4.78, 5) is 15.9. The van der Waals surface area contributed by atoms with E-state index in [4.69, 9.17) is 0 Å². The van der Waals surface area contributed by atoms with Gasteiger partial charge in [0, 0.05) is 11.8 Å². The number of carbonyl (C=O) groups excluding carboxylic acids is 1. The minimum atomic E-state index is -4.33. The smallest absolute Gasteiger partial charge is 0.166 e. The maximum absolute atomic E-state index is 11.8. The van der Waals surface area contributed by atoms with Crippen LogP contribution in [0.4, 0.5) is 0 Å². The fourth-order valence-electron chi connectivity index (χ4n) is 7.18. The van der Waals surface area contributed by atoms with Crippen molar-refractivity contribution < 1.29 is 17.8 Å². The number of hydrogen-bond donors (Lipinski definition) is 0. The van der Waals surface area contributed by atoms with Crippen molar-refractivity contribution in [3.63, 3.8) is 0 Å². The van der Waals surface area contributed by atoms with Crippen LogP contribution in [-0.4, -0.2) is 24.5 Å². The molecular weight excluding hydrogens is 585 g/mol. The topological polar surface area (TPSA) is 74.3 Å². The summed E-state index contributed by atoms with van der Waals surface area (Å²) in [7, 11) is -4.43. The van der Waals surface area contributed by atoms with Gasteiger partial charge in [-0.05, 0) is 94.6 Å². The number of Topliss-reactive ketones (excluding diaryl/α,β-unsaturated/α-hetero) is 1. The van der Waals surface area contributed by atoms with E-state index in [9.17, 15) is 17.8 Å². The molecule has 0 aliphatic heterocycles. The zero-order valence-corrected chi connectivity index (χ0v) is 26.6. The highest BCUT2D eigenvalue weighted by Crippen LogP contribution is 2.64. The summed E-state index contributed by atoms with van der Waals surface area (Å²) in [5.74, 6) is -0.280. The van der Waals surface area contributed by atoms with Crippen molar-refractivity contribution in [1.29, 1.82) is 0 Å². The van der Waals surface area contributed by atoms with E-state index in [-0.39, 0.29) is 28.0 Å². The van der Waals surface area contributed by atoms with Crippen molar-refractivity contribution in [3.05, 3.63) is 127 Å². The Balaban J connectivity index is 0.000000193. The molecule has 224 valence electrons. The molecule has 5 aromatic carbocycles. The molecule has 0 N–H and O–H groups in total. The number of fused-ring (bicyclic) bond motifs is 3. The average molecular weight is 621 g/mol. The van der Waals surface area contributed by atoms with Gasteiger partial charge >= 0.3 is 0 Å². The number of ketones is 1. The molecule has 2 fully saturated rings. The lowest BCUT2D eigenvalue weighted by atomic mass is 9.70. The molecule has 0 heterocycles. The molecule has 0 saturated heterocycles. The molecule has 0 radical (unpaired) electrons. The van der Waals surface area contributed by atoms with Crippen LogP contribution in [0.3, 0.4) is 0 Å². The van der Waals surface area contributed by atoms with Gasteiger partial charge in [0.25, 0.3) is 0 Å². The summed E-state index contributed by atoms with van der Waals surface area (Å²) in [6.45, 7) is 3.83. The fraction of sp³-hybridized carbons (Fsp3) is 0.237. The third-order valence-corrected chi connectivity index (χ3v) is 12.8. The van der Waals surface area contributed by atoms with Crippen LogP contribution in [0.25, 0.3) is 21.9 Å². The predicted molar refractivity (Wildman–Crippen MR) is 178 cm³/mol. The minimum Gasteiger partial charge on any atom is -0.748 e. The molecule has 0 spiro atoms.